The quantitative estimate of drug-likeness (QED) is 0.933. The normalized spacial score (nSPS) is 24.4. The van der Waals surface area contributed by atoms with Crippen molar-refractivity contribution in [2.75, 3.05) is 27.2 Å². The van der Waals surface area contributed by atoms with Crippen LogP contribution >= 0.6 is 0 Å². The van der Waals surface area contributed by atoms with E-state index in [1.807, 2.05) is 84.2 Å². The highest BCUT2D eigenvalue weighted by molar-refractivity contribution is 5.92. The van der Waals surface area contributed by atoms with Gasteiger partial charge >= 0.3 is 0 Å². The molecule has 0 radical (unpaired) electrons. The van der Waals surface area contributed by atoms with Crippen molar-refractivity contribution < 1.29 is 9.90 Å². The van der Waals surface area contributed by atoms with E-state index < -0.39 is 5.60 Å². The summed E-state index contributed by atoms with van der Waals surface area (Å²) in [6.07, 6.45) is 2.40. The van der Waals surface area contributed by atoms with E-state index in [1.54, 1.807) is 0 Å². The minimum Gasteiger partial charge on any atom is -0.383 e. The lowest BCUT2D eigenvalue weighted by Crippen LogP contribution is -2.60. The number of aliphatic hydroxyl groups is 1. The molecule has 1 amide bonds. The summed E-state index contributed by atoms with van der Waals surface area (Å²) in [5.74, 6) is 0.0180. The molecule has 0 saturated carbocycles. The number of amides is 1. The molecule has 0 aliphatic carbocycles. The van der Waals surface area contributed by atoms with Crippen LogP contribution in [0, 0.1) is 0 Å². The second-order valence-electron chi connectivity index (χ2n) is 6.78. The number of hydrogen-bond donors (Lipinski definition) is 1. The van der Waals surface area contributed by atoms with Gasteiger partial charge < -0.3 is 19.5 Å². The highest BCUT2D eigenvalue weighted by Crippen LogP contribution is 2.35. The second-order valence-corrected chi connectivity index (χ2v) is 6.78. The van der Waals surface area contributed by atoms with Crippen LogP contribution in [-0.2, 0) is 12.6 Å². The van der Waals surface area contributed by atoms with Crippen LogP contribution in [-0.4, -0.2) is 58.6 Å². The third-order valence-corrected chi connectivity index (χ3v) is 5.05. The molecule has 1 fully saturated rings. The highest BCUT2D eigenvalue weighted by Gasteiger charge is 2.45. The van der Waals surface area contributed by atoms with E-state index in [0.717, 1.165) is 5.56 Å². The molecule has 1 aliphatic heterocycles. The zero-order valence-corrected chi connectivity index (χ0v) is 14.5. The lowest BCUT2D eigenvalue weighted by Gasteiger charge is -2.47. The van der Waals surface area contributed by atoms with Crippen molar-refractivity contribution in [2.24, 2.45) is 7.05 Å². The number of benzene rings is 1. The van der Waals surface area contributed by atoms with Crippen LogP contribution in [0.15, 0.2) is 48.7 Å². The van der Waals surface area contributed by atoms with E-state index in [0.29, 0.717) is 25.2 Å². The summed E-state index contributed by atoms with van der Waals surface area (Å²) in [5.41, 5.74) is 0.641. The van der Waals surface area contributed by atoms with Gasteiger partial charge in [0.25, 0.3) is 5.91 Å². The smallest absolute Gasteiger partial charge is 0.270 e. The van der Waals surface area contributed by atoms with Crippen molar-refractivity contribution in [3.05, 3.63) is 59.9 Å². The van der Waals surface area contributed by atoms with E-state index in [-0.39, 0.29) is 11.9 Å². The summed E-state index contributed by atoms with van der Waals surface area (Å²) >= 11 is 0. The van der Waals surface area contributed by atoms with Crippen LogP contribution in [0.5, 0.6) is 0 Å². The van der Waals surface area contributed by atoms with Gasteiger partial charge in [0.05, 0.1) is 6.04 Å². The summed E-state index contributed by atoms with van der Waals surface area (Å²) in [7, 11) is 5.78. The Labute approximate surface area is 143 Å². The Morgan fingerprint density at radius 1 is 1.21 bits per heavy atom. The van der Waals surface area contributed by atoms with Gasteiger partial charge in [0, 0.05) is 26.3 Å². The Balaban J connectivity index is 1.87. The third kappa shape index (κ3) is 2.85. The first-order valence-corrected chi connectivity index (χ1v) is 8.28. The molecule has 5 heteroatoms. The first-order chi connectivity index (χ1) is 11.4. The molecule has 128 valence electrons. The Bertz CT molecular complexity index is 710. The fraction of sp³-hybridized carbons (Fsp3) is 0.421. The van der Waals surface area contributed by atoms with Gasteiger partial charge in [-0.15, -0.1) is 0 Å². The number of aryl methyl sites for hydroxylation is 1. The topological polar surface area (TPSA) is 48.7 Å². The Hall–Kier alpha value is -2.11. The molecule has 1 aliphatic rings. The molecular formula is C19H25N3O2. The van der Waals surface area contributed by atoms with Gasteiger partial charge in [-0.05, 0) is 38.2 Å². The molecule has 2 atom stereocenters. The SMILES string of the molecule is CN(C)[C@@H]1CN(C(=O)c2cccn2C)CC[C@]1(O)c1ccccc1. The predicted molar refractivity (Wildman–Crippen MR) is 93.7 cm³/mol. The molecule has 3 rings (SSSR count). The number of carbonyl (C=O) groups is 1. The third-order valence-electron chi connectivity index (χ3n) is 5.05. The average molecular weight is 327 g/mol. The zero-order valence-electron chi connectivity index (χ0n) is 14.5. The molecule has 24 heavy (non-hydrogen) atoms. The number of likely N-dealkylation sites (tertiary alicyclic amines) is 1. The molecule has 2 heterocycles. The van der Waals surface area contributed by atoms with Gasteiger partial charge in [-0.3, -0.25) is 4.79 Å². The van der Waals surface area contributed by atoms with E-state index in [1.165, 1.54) is 0 Å². The van der Waals surface area contributed by atoms with Crippen LogP contribution in [0.3, 0.4) is 0 Å². The van der Waals surface area contributed by atoms with Crippen LogP contribution in [0.2, 0.25) is 0 Å². The summed E-state index contributed by atoms with van der Waals surface area (Å²) in [6, 6.07) is 13.3. The van der Waals surface area contributed by atoms with Crippen LogP contribution < -0.4 is 0 Å². The number of carbonyl (C=O) groups excluding carboxylic acids is 1. The van der Waals surface area contributed by atoms with Crippen molar-refractivity contribution in [2.45, 2.75) is 18.1 Å². The van der Waals surface area contributed by atoms with E-state index in [4.69, 9.17) is 0 Å². The van der Waals surface area contributed by atoms with Crippen molar-refractivity contribution in [3.63, 3.8) is 0 Å². The molecule has 2 aromatic rings. The number of likely N-dealkylation sites (N-methyl/N-ethyl adjacent to an activating group) is 1. The van der Waals surface area contributed by atoms with E-state index >= 15 is 0 Å². The fourth-order valence-corrected chi connectivity index (χ4v) is 3.61. The maximum Gasteiger partial charge on any atom is 0.270 e. The summed E-state index contributed by atoms with van der Waals surface area (Å²) in [6.45, 7) is 1.04. The van der Waals surface area contributed by atoms with Crippen molar-refractivity contribution in [1.82, 2.24) is 14.4 Å². The molecule has 0 spiro atoms. The number of hydrogen-bond acceptors (Lipinski definition) is 3. The maximum atomic E-state index is 12.8. The number of nitrogens with zero attached hydrogens (tertiary/aromatic N) is 3. The first-order valence-electron chi connectivity index (χ1n) is 8.28. The lowest BCUT2D eigenvalue weighted by molar-refractivity contribution is -0.0811. The second kappa shape index (κ2) is 6.42. The highest BCUT2D eigenvalue weighted by atomic mass is 16.3. The van der Waals surface area contributed by atoms with Gasteiger partial charge in [0.2, 0.25) is 0 Å². The van der Waals surface area contributed by atoms with Crippen LogP contribution in [0.1, 0.15) is 22.5 Å². The molecule has 0 unspecified atom stereocenters. The summed E-state index contributed by atoms with van der Waals surface area (Å²) < 4.78 is 1.84. The summed E-state index contributed by atoms with van der Waals surface area (Å²) in [4.78, 5) is 16.7. The standard InChI is InChI=1S/C19H25N3O2/c1-20(2)17-14-22(18(23)16-10-7-12-21(16)3)13-11-19(17,24)15-8-5-4-6-9-15/h4-10,12,17,24H,11,13-14H2,1-3H3/t17-,19+/m1/s1. The van der Waals surface area contributed by atoms with Crippen molar-refractivity contribution in [3.8, 4) is 0 Å². The maximum absolute atomic E-state index is 12.8. The number of aromatic nitrogens is 1. The van der Waals surface area contributed by atoms with Gasteiger partial charge in [-0.25, -0.2) is 0 Å². The molecule has 1 N–H and O–H groups in total. The monoisotopic (exact) mass is 327 g/mol. The molecule has 1 aromatic heterocycles. The first kappa shape index (κ1) is 16.7. The lowest BCUT2D eigenvalue weighted by atomic mass is 9.79. The molecule has 1 saturated heterocycles. The minimum absolute atomic E-state index is 0.0180. The van der Waals surface area contributed by atoms with Gasteiger partial charge in [0.1, 0.15) is 11.3 Å². The Morgan fingerprint density at radius 2 is 1.92 bits per heavy atom. The largest absolute Gasteiger partial charge is 0.383 e. The van der Waals surface area contributed by atoms with Gasteiger partial charge in [-0.2, -0.15) is 0 Å². The van der Waals surface area contributed by atoms with Crippen molar-refractivity contribution >= 4 is 5.91 Å². The van der Waals surface area contributed by atoms with Crippen LogP contribution in [0.25, 0.3) is 0 Å². The Kier molecular flexibility index (Phi) is 4.47. The minimum atomic E-state index is -0.949. The number of piperidine rings is 1. The average Bonchev–Trinajstić information content (AvgIpc) is 3.01. The van der Waals surface area contributed by atoms with Crippen molar-refractivity contribution in [1.29, 1.82) is 0 Å². The molecular weight excluding hydrogens is 302 g/mol. The van der Waals surface area contributed by atoms with Crippen LogP contribution in [0.4, 0.5) is 0 Å². The molecule has 5 nitrogen and oxygen atoms in total. The summed E-state index contributed by atoms with van der Waals surface area (Å²) in [5, 5.41) is 11.4. The Morgan fingerprint density at radius 3 is 2.50 bits per heavy atom. The fourth-order valence-electron chi connectivity index (χ4n) is 3.61. The molecule has 0 bridgehead atoms. The van der Waals surface area contributed by atoms with E-state index in [9.17, 15) is 9.90 Å². The van der Waals surface area contributed by atoms with Gasteiger partial charge in [-0.1, -0.05) is 30.3 Å². The zero-order chi connectivity index (χ0) is 17.3. The van der Waals surface area contributed by atoms with E-state index in [2.05, 4.69) is 0 Å². The molecule has 1 aromatic carbocycles. The predicted octanol–water partition coefficient (Wildman–Crippen LogP) is 1.69. The number of rotatable bonds is 3. The van der Waals surface area contributed by atoms with Gasteiger partial charge in [0.15, 0.2) is 0 Å².